The van der Waals surface area contributed by atoms with E-state index < -0.39 is 0 Å². The third-order valence-electron chi connectivity index (χ3n) is 12.0. The Hall–Kier alpha value is -5.33. The molecule has 2 aliphatic rings. The van der Waals surface area contributed by atoms with E-state index in [9.17, 15) is 0 Å². The van der Waals surface area contributed by atoms with E-state index >= 15 is 0 Å². The van der Waals surface area contributed by atoms with E-state index in [1.54, 1.807) is 18.6 Å². The van der Waals surface area contributed by atoms with Gasteiger partial charge in [-0.25, -0.2) is 0 Å². The second kappa shape index (κ2) is 29.4. The summed E-state index contributed by atoms with van der Waals surface area (Å²) in [6, 6.07) is 62.7. The topological polar surface area (TPSA) is 129 Å². The van der Waals surface area contributed by atoms with Crippen LogP contribution < -0.4 is 10.9 Å². The van der Waals surface area contributed by atoms with Gasteiger partial charge in [-0.05, 0) is 114 Å². The van der Waals surface area contributed by atoms with Crippen LogP contribution in [0.3, 0.4) is 0 Å². The first-order chi connectivity index (χ1) is 33.7. The van der Waals surface area contributed by atoms with Crippen molar-refractivity contribution in [2.45, 2.75) is 77.8 Å². The van der Waals surface area contributed by atoms with E-state index in [0.717, 1.165) is 70.2 Å². The quantitative estimate of drug-likeness (QED) is 0.123. The predicted molar refractivity (Wildman–Crippen MR) is 283 cm³/mol. The molecule has 0 aliphatic carbocycles. The molecular formula is C58H63B2Ir2N4O6-3. The molecule has 0 amide bonds. The van der Waals surface area contributed by atoms with Gasteiger partial charge in [0.1, 0.15) is 0 Å². The predicted octanol–water partition coefficient (Wildman–Crippen LogP) is 10.2. The van der Waals surface area contributed by atoms with Crippen molar-refractivity contribution in [1.29, 1.82) is 0 Å². The first-order valence-corrected chi connectivity index (χ1v) is 23.0. The molecule has 2 saturated heterocycles. The minimum absolute atomic E-state index is 0. The van der Waals surface area contributed by atoms with Crippen molar-refractivity contribution >= 4 is 25.2 Å². The zero-order chi connectivity index (χ0) is 50.6. The molecule has 2 radical (unpaired) electrons. The summed E-state index contributed by atoms with van der Waals surface area (Å²) in [4.78, 5) is 17.3. The van der Waals surface area contributed by atoms with Gasteiger partial charge in [0.2, 0.25) is 0 Å². The minimum Gasteiger partial charge on any atom is -0.400 e. The van der Waals surface area contributed by atoms with Gasteiger partial charge >= 0.3 is 14.2 Å². The molecule has 2 aliphatic heterocycles. The van der Waals surface area contributed by atoms with E-state index in [4.69, 9.17) is 28.8 Å². The van der Waals surface area contributed by atoms with Crippen LogP contribution in [0.2, 0.25) is 0 Å². The second-order valence-electron chi connectivity index (χ2n) is 17.8. The van der Waals surface area contributed by atoms with Crippen LogP contribution in [0.15, 0.2) is 189 Å². The Bertz CT molecular complexity index is 2440. The molecular weight excluding hydrogens is 1250 g/mol. The van der Waals surface area contributed by atoms with Gasteiger partial charge in [0.15, 0.2) is 0 Å². The summed E-state index contributed by atoms with van der Waals surface area (Å²) in [5, 5.41) is 14.0. The average molecular weight is 1320 g/mol. The Kier molecular flexibility index (Phi) is 24.9. The number of benzene rings is 4. The van der Waals surface area contributed by atoms with Gasteiger partial charge in [-0.15, -0.1) is 108 Å². The average Bonchev–Trinajstić information content (AvgIpc) is 3.78. The number of rotatable bonds is 6. The van der Waals surface area contributed by atoms with Gasteiger partial charge in [-0.1, -0.05) is 60.7 Å². The molecule has 14 heteroatoms. The van der Waals surface area contributed by atoms with Crippen LogP contribution in [0.4, 0.5) is 0 Å². The fraction of sp³-hybridized carbons (Fsp3) is 0.241. The number of hydrogen-bond acceptors (Lipinski definition) is 10. The maximum absolute atomic E-state index is 7.00. The van der Waals surface area contributed by atoms with E-state index in [0.29, 0.717) is 0 Å². The standard InChI is InChI=1S/C17H20BNO2.C17H19BNO2.2C11H8N.2CH4O.2Ir/c2*1-16(2)17(3,4)21-18(20-16)14-10-11-19-15(12-14)13-8-6-5-7-9-13;2*1-2-6-10(7-3-1)11-8-4-5-9-12-11;2*1-2;;/h5-12H,1-4H3;5-8,10-12H,1-4H3;2*1-6,8-9H;2*2H,1H3;;/q;3*-1;;;;. The number of nitrogens with zero attached hydrogens (tertiary/aromatic N) is 4. The van der Waals surface area contributed by atoms with Crippen molar-refractivity contribution in [1.82, 2.24) is 19.9 Å². The Morgan fingerprint density at radius 2 is 0.681 bits per heavy atom. The van der Waals surface area contributed by atoms with Crippen LogP contribution in [0, 0.1) is 18.2 Å². The van der Waals surface area contributed by atoms with Crippen molar-refractivity contribution in [3.05, 3.63) is 207 Å². The molecule has 10 rings (SSSR count). The number of hydrogen-bond donors (Lipinski definition) is 2. The Balaban J connectivity index is 0.000000252. The molecule has 4 aromatic carbocycles. The van der Waals surface area contributed by atoms with Crippen LogP contribution in [0.1, 0.15) is 55.4 Å². The maximum Gasteiger partial charge on any atom is 0.494 e. The van der Waals surface area contributed by atoms with Crippen LogP contribution in [0.25, 0.3) is 45.0 Å². The van der Waals surface area contributed by atoms with E-state index in [-0.39, 0.29) is 76.9 Å². The van der Waals surface area contributed by atoms with Crippen molar-refractivity contribution in [3.63, 3.8) is 0 Å². The monoisotopic (exact) mass is 1320 g/mol. The first kappa shape index (κ1) is 61.0. The van der Waals surface area contributed by atoms with Crippen molar-refractivity contribution in [3.8, 4) is 45.0 Å². The van der Waals surface area contributed by atoms with Crippen molar-refractivity contribution < 1.29 is 69.0 Å². The smallest absolute Gasteiger partial charge is 0.400 e. The van der Waals surface area contributed by atoms with Gasteiger partial charge in [-0.3, -0.25) is 4.98 Å². The van der Waals surface area contributed by atoms with E-state index in [2.05, 4.69) is 106 Å². The van der Waals surface area contributed by atoms with Crippen molar-refractivity contribution in [2.24, 2.45) is 0 Å². The molecule has 4 aromatic heterocycles. The first-order valence-electron chi connectivity index (χ1n) is 23.0. The maximum atomic E-state index is 7.00. The Labute approximate surface area is 455 Å². The van der Waals surface area contributed by atoms with Crippen LogP contribution in [-0.4, -0.2) is 81.0 Å². The zero-order valence-corrected chi connectivity index (χ0v) is 47.3. The number of aliphatic hydroxyl groups excluding tert-OH is 2. The van der Waals surface area contributed by atoms with Gasteiger partial charge in [0.05, 0.1) is 28.1 Å². The molecule has 0 unspecified atom stereocenters. The molecule has 8 aromatic rings. The van der Waals surface area contributed by atoms with Gasteiger partial charge in [0.25, 0.3) is 0 Å². The molecule has 6 heterocycles. The van der Waals surface area contributed by atoms with Gasteiger partial charge in [0, 0.05) is 84.8 Å². The van der Waals surface area contributed by atoms with Crippen molar-refractivity contribution in [2.75, 3.05) is 14.2 Å². The van der Waals surface area contributed by atoms with E-state index in [1.807, 2.05) is 158 Å². The summed E-state index contributed by atoms with van der Waals surface area (Å²) in [5.74, 6) is 0. The van der Waals surface area contributed by atoms with Gasteiger partial charge < -0.3 is 43.8 Å². The molecule has 378 valence electrons. The fourth-order valence-corrected chi connectivity index (χ4v) is 6.76. The normalized spacial score (nSPS) is 14.9. The Morgan fingerprint density at radius 1 is 0.361 bits per heavy atom. The number of aliphatic hydroxyl groups is 2. The summed E-state index contributed by atoms with van der Waals surface area (Å²) >= 11 is 0. The molecule has 2 fully saturated rings. The summed E-state index contributed by atoms with van der Waals surface area (Å²) in [5.41, 5.74) is 8.56. The molecule has 0 bridgehead atoms. The van der Waals surface area contributed by atoms with E-state index in [1.165, 1.54) is 0 Å². The summed E-state index contributed by atoms with van der Waals surface area (Å²) in [6.07, 6.45) is 7.17. The molecule has 0 spiro atoms. The molecule has 72 heavy (non-hydrogen) atoms. The SMILES string of the molecule is CC1(C)OB(c2ccnc(-c3[c-]cccc3)c2)OC1(C)C.CC1(C)OB(c2ccnc(-c3ccccc3)c2)OC1(C)C.CO.CO.[Ir].[Ir].[c-]1ccccc1-c1ccccn1.[c-]1ccccc1-c1ccccn1. The summed E-state index contributed by atoms with van der Waals surface area (Å²) in [7, 11) is 1.29. The third kappa shape index (κ3) is 16.9. The second-order valence-corrected chi connectivity index (χ2v) is 17.8. The Morgan fingerprint density at radius 3 is 1.03 bits per heavy atom. The number of pyridine rings is 4. The molecule has 10 nitrogen and oxygen atoms in total. The molecule has 0 atom stereocenters. The minimum atomic E-state index is -0.361. The molecule has 0 saturated carbocycles. The fourth-order valence-electron chi connectivity index (χ4n) is 6.76. The summed E-state index contributed by atoms with van der Waals surface area (Å²) in [6.45, 7) is 16.5. The summed E-state index contributed by atoms with van der Waals surface area (Å²) < 4.78 is 24.3. The van der Waals surface area contributed by atoms with Crippen LogP contribution >= 0.6 is 0 Å². The van der Waals surface area contributed by atoms with Gasteiger partial charge in [-0.2, -0.15) is 0 Å². The zero-order valence-electron chi connectivity index (χ0n) is 42.5. The van der Waals surface area contributed by atoms with Crippen LogP contribution in [-0.2, 0) is 58.8 Å². The largest absolute Gasteiger partial charge is 0.494 e. The third-order valence-corrected chi connectivity index (χ3v) is 12.0. The molecule has 2 N–H and O–H groups in total. The van der Waals surface area contributed by atoms with Crippen LogP contribution in [0.5, 0.6) is 0 Å². The number of aromatic nitrogens is 4.